The van der Waals surface area contributed by atoms with Crippen LogP contribution in [0.5, 0.6) is 11.5 Å². The molecule has 3 rings (SSSR count). The Morgan fingerprint density at radius 2 is 1.89 bits per heavy atom. The van der Waals surface area contributed by atoms with Crippen LogP contribution in [0.3, 0.4) is 0 Å². The first-order valence-electron chi connectivity index (χ1n) is 8.06. The summed E-state index contributed by atoms with van der Waals surface area (Å²) in [5.74, 6) is 1.02. The summed E-state index contributed by atoms with van der Waals surface area (Å²) in [4.78, 5) is 23.2. The summed E-state index contributed by atoms with van der Waals surface area (Å²) in [7, 11) is 1.59. The monoisotopic (exact) mass is 418 g/mol. The molecule has 144 valence electrons. The molecule has 28 heavy (non-hydrogen) atoms. The predicted octanol–water partition coefficient (Wildman–Crippen LogP) is 5.15. The van der Waals surface area contributed by atoms with E-state index in [0.717, 1.165) is 11.3 Å². The van der Waals surface area contributed by atoms with Gasteiger partial charge in [-0.15, -0.1) is 11.3 Å². The van der Waals surface area contributed by atoms with E-state index in [-0.39, 0.29) is 16.4 Å². The summed E-state index contributed by atoms with van der Waals surface area (Å²) in [6.07, 6.45) is 0. The number of hydrogen-bond acceptors (Lipinski definition) is 6. The van der Waals surface area contributed by atoms with Crippen molar-refractivity contribution in [1.82, 2.24) is 0 Å². The highest BCUT2D eigenvalue weighted by Gasteiger charge is 2.15. The highest BCUT2D eigenvalue weighted by molar-refractivity contribution is 7.12. The number of ether oxygens (including phenoxy) is 2. The summed E-state index contributed by atoms with van der Waals surface area (Å²) in [6, 6.07) is 12.8. The predicted molar refractivity (Wildman–Crippen MR) is 108 cm³/mol. The standard InChI is InChI=1S/C19H15ClN2O5S/c1-26-14-3-5-15(6-4-14)27-10-12-8-18(28-11-12)19(23)21-17-9-13(22(24)25)2-7-16(17)20/h2-9,11H,10H2,1H3,(H,21,23). The van der Waals surface area contributed by atoms with Gasteiger partial charge in [0.1, 0.15) is 18.1 Å². The number of benzene rings is 2. The number of nitrogens with zero attached hydrogens (tertiary/aromatic N) is 1. The number of non-ortho nitro benzene ring substituents is 1. The quantitative estimate of drug-likeness (QED) is 0.423. The van der Waals surface area contributed by atoms with Crippen LogP contribution in [0, 0.1) is 10.1 Å². The second kappa shape index (κ2) is 8.73. The lowest BCUT2D eigenvalue weighted by molar-refractivity contribution is -0.384. The van der Waals surface area contributed by atoms with Crippen LogP contribution in [0.2, 0.25) is 5.02 Å². The van der Waals surface area contributed by atoms with E-state index in [2.05, 4.69) is 5.32 Å². The average molecular weight is 419 g/mol. The van der Waals surface area contributed by atoms with Gasteiger partial charge in [-0.2, -0.15) is 0 Å². The molecule has 0 saturated carbocycles. The van der Waals surface area contributed by atoms with Crippen molar-refractivity contribution >= 4 is 40.2 Å². The first-order valence-corrected chi connectivity index (χ1v) is 9.31. The van der Waals surface area contributed by atoms with Crippen molar-refractivity contribution in [3.05, 3.63) is 79.5 Å². The third-order valence-electron chi connectivity index (χ3n) is 3.75. The van der Waals surface area contributed by atoms with Crippen molar-refractivity contribution in [2.45, 2.75) is 6.61 Å². The lowest BCUT2D eigenvalue weighted by Crippen LogP contribution is -2.10. The van der Waals surface area contributed by atoms with Gasteiger partial charge < -0.3 is 14.8 Å². The molecule has 3 aromatic rings. The molecule has 0 aliphatic carbocycles. The van der Waals surface area contributed by atoms with Crippen LogP contribution < -0.4 is 14.8 Å². The summed E-state index contributed by atoms with van der Waals surface area (Å²) < 4.78 is 10.8. The molecular formula is C19H15ClN2O5S. The number of thiophene rings is 1. The molecule has 0 atom stereocenters. The molecule has 0 aliphatic heterocycles. The number of nitro groups is 1. The average Bonchev–Trinajstić information content (AvgIpc) is 3.17. The van der Waals surface area contributed by atoms with Crippen molar-refractivity contribution in [2.24, 2.45) is 0 Å². The number of rotatable bonds is 7. The van der Waals surface area contributed by atoms with Gasteiger partial charge in [0.15, 0.2) is 0 Å². The molecule has 1 amide bonds. The first-order chi connectivity index (χ1) is 13.5. The van der Waals surface area contributed by atoms with E-state index in [0.29, 0.717) is 17.2 Å². The molecule has 2 aromatic carbocycles. The number of carbonyl (C=O) groups excluding carboxylic acids is 1. The molecular weight excluding hydrogens is 404 g/mol. The number of nitro benzene ring substituents is 1. The minimum atomic E-state index is -0.550. The zero-order valence-electron chi connectivity index (χ0n) is 14.7. The molecule has 0 bridgehead atoms. The molecule has 7 nitrogen and oxygen atoms in total. The second-order valence-corrected chi connectivity index (χ2v) is 6.98. The van der Waals surface area contributed by atoms with Crippen molar-refractivity contribution < 1.29 is 19.2 Å². The normalized spacial score (nSPS) is 10.4. The molecule has 0 spiro atoms. The van der Waals surface area contributed by atoms with E-state index in [4.69, 9.17) is 21.1 Å². The van der Waals surface area contributed by atoms with Crippen LogP contribution in [0.4, 0.5) is 11.4 Å². The molecule has 0 saturated heterocycles. The Balaban J connectivity index is 1.63. The van der Waals surface area contributed by atoms with Crippen molar-refractivity contribution in [3.8, 4) is 11.5 Å². The lowest BCUT2D eigenvalue weighted by Gasteiger charge is -2.06. The fourth-order valence-electron chi connectivity index (χ4n) is 2.32. The highest BCUT2D eigenvalue weighted by atomic mass is 35.5. The molecule has 0 radical (unpaired) electrons. The lowest BCUT2D eigenvalue weighted by atomic mass is 10.2. The van der Waals surface area contributed by atoms with E-state index >= 15 is 0 Å². The second-order valence-electron chi connectivity index (χ2n) is 5.66. The van der Waals surface area contributed by atoms with Gasteiger partial charge in [-0.3, -0.25) is 14.9 Å². The SMILES string of the molecule is COc1ccc(OCc2csc(C(=O)Nc3cc([N+](=O)[O-])ccc3Cl)c2)cc1. The summed E-state index contributed by atoms with van der Waals surface area (Å²) in [6.45, 7) is 0.299. The fraction of sp³-hybridized carbons (Fsp3) is 0.105. The summed E-state index contributed by atoms with van der Waals surface area (Å²) in [5, 5.41) is 15.5. The van der Waals surface area contributed by atoms with E-state index in [1.54, 1.807) is 37.4 Å². The van der Waals surface area contributed by atoms with Crippen molar-refractivity contribution in [1.29, 1.82) is 0 Å². The Morgan fingerprint density at radius 3 is 2.57 bits per heavy atom. The van der Waals surface area contributed by atoms with Crippen LogP contribution in [0.15, 0.2) is 53.9 Å². The number of methoxy groups -OCH3 is 1. The Kier molecular flexibility index (Phi) is 6.13. The molecule has 0 fully saturated rings. The molecule has 1 aromatic heterocycles. The summed E-state index contributed by atoms with van der Waals surface area (Å²) >= 11 is 7.26. The summed E-state index contributed by atoms with van der Waals surface area (Å²) in [5.41, 5.74) is 0.862. The van der Waals surface area contributed by atoms with E-state index < -0.39 is 10.8 Å². The number of nitrogens with one attached hydrogen (secondary N) is 1. The zero-order chi connectivity index (χ0) is 20.1. The fourth-order valence-corrected chi connectivity index (χ4v) is 3.27. The van der Waals surface area contributed by atoms with Gasteiger partial charge in [0.2, 0.25) is 0 Å². The van der Waals surface area contributed by atoms with Gasteiger partial charge in [-0.05, 0) is 41.8 Å². The van der Waals surface area contributed by atoms with Crippen LogP contribution in [0.1, 0.15) is 15.2 Å². The minimum Gasteiger partial charge on any atom is -0.497 e. The Bertz CT molecular complexity index is 1000. The van der Waals surface area contributed by atoms with E-state index in [9.17, 15) is 14.9 Å². The van der Waals surface area contributed by atoms with Gasteiger partial charge >= 0.3 is 0 Å². The molecule has 1 N–H and O–H groups in total. The minimum absolute atomic E-state index is 0.153. The molecule has 0 aliphatic rings. The topological polar surface area (TPSA) is 90.7 Å². The smallest absolute Gasteiger partial charge is 0.271 e. The Morgan fingerprint density at radius 1 is 1.18 bits per heavy atom. The van der Waals surface area contributed by atoms with Crippen molar-refractivity contribution in [2.75, 3.05) is 12.4 Å². The van der Waals surface area contributed by atoms with Gasteiger partial charge in [-0.25, -0.2) is 0 Å². The van der Waals surface area contributed by atoms with Gasteiger partial charge in [-0.1, -0.05) is 11.6 Å². The third kappa shape index (κ3) is 4.79. The molecule has 1 heterocycles. The van der Waals surface area contributed by atoms with Gasteiger partial charge in [0.25, 0.3) is 11.6 Å². The van der Waals surface area contributed by atoms with E-state index in [1.807, 2.05) is 5.38 Å². The Labute approximate surface area is 169 Å². The highest BCUT2D eigenvalue weighted by Crippen LogP contribution is 2.28. The number of hydrogen-bond donors (Lipinski definition) is 1. The van der Waals surface area contributed by atoms with Crippen LogP contribution in [-0.2, 0) is 6.61 Å². The van der Waals surface area contributed by atoms with Gasteiger partial charge in [0, 0.05) is 17.7 Å². The number of amides is 1. The van der Waals surface area contributed by atoms with Crippen LogP contribution >= 0.6 is 22.9 Å². The van der Waals surface area contributed by atoms with Gasteiger partial charge in [0.05, 0.1) is 27.6 Å². The number of anilines is 1. The maximum Gasteiger partial charge on any atom is 0.271 e. The maximum atomic E-state index is 12.4. The van der Waals surface area contributed by atoms with Crippen LogP contribution in [0.25, 0.3) is 0 Å². The molecule has 0 unspecified atom stereocenters. The third-order valence-corrected chi connectivity index (χ3v) is 5.06. The van der Waals surface area contributed by atoms with E-state index in [1.165, 1.54) is 29.5 Å². The maximum absolute atomic E-state index is 12.4. The zero-order valence-corrected chi connectivity index (χ0v) is 16.3. The van der Waals surface area contributed by atoms with Crippen LogP contribution in [-0.4, -0.2) is 17.9 Å². The first kappa shape index (κ1) is 19.7. The van der Waals surface area contributed by atoms with Crippen molar-refractivity contribution in [3.63, 3.8) is 0 Å². The molecule has 9 heteroatoms. The number of carbonyl (C=O) groups is 1. The number of halogens is 1. The Hall–Kier alpha value is -3.10. The largest absolute Gasteiger partial charge is 0.497 e.